The highest BCUT2D eigenvalue weighted by atomic mass is 14.1. The van der Waals surface area contributed by atoms with Crippen LogP contribution >= 0.6 is 0 Å². The van der Waals surface area contributed by atoms with Gasteiger partial charge in [0.05, 0.1) is 0 Å². The largest absolute Gasteiger partial charge is 0.0776 e. The fourth-order valence-corrected chi connectivity index (χ4v) is 2.74. The minimum absolute atomic E-state index is 0. The Morgan fingerprint density at radius 2 is 0.900 bits per heavy atom. The molecule has 0 amide bonds. The summed E-state index contributed by atoms with van der Waals surface area (Å²) in [5, 5.41) is 0. The lowest BCUT2D eigenvalue weighted by molar-refractivity contribution is 0.380. The van der Waals surface area contributed by atoms with Crippen molar-refractivity contribution >= 4 is 0 Å². The summed E-state index contributed by atoms with van der Waals surface area (Å²) in [6.45, 7) is 10.9. The molecule has 0 aromatic heterocycles. The molecule has 0 aliphatic heterocycles. The summed E-state index contributed by atoms with van der Waals surface area (Å²) in [6.07, 6.45) is 18.8. The van der Waals surface area contributed by atoms with Crippen LogP contribution in [0.2, 0.25) is 0 Å². The van der Waals surface area contributed by atoms with Crippen LogP contribution in [0.4, 0.5) is 0 Å². The van der Waals surface area contributed by atoms with Crippen LogP contribution in [0.1, 0.15) is 126 Å². The Morgan fingerprint density at radius 1 is 0.500 bits per heavy atom. The summed E-state index contributed by atoms with van der Waals surface area (Å²) in [7, 11) is 0. The molecule has 0 fully saturated rings. The average Bonchev–Trinajstić information content (AvgIpc) is 2.45. The van der Waals surface area contributed by atoms with E-state index < -0.39 is 0 Å². The number of hydrogen-bond donors (Lipinski definition) is 0. The molecule has 1 atom stereocenters. The van der Waals surface area contributed by atoms with Crippen LogP contribution in [0.15, 0.2) is 0 Å². The Kier molecular flexibility index (Phi) is 30.0. The fourth-order valence-electron chi connectivity index (χ4n) is 2.74. The average molecular weight is 287 g/mol. The quantitative estimate of drug-likeness (QED) is 0.298. The molecule has 1 unspecified atom stereocenters. The highest BCUT2D eigenvalue weighted by molar-refractivity contribution is 4.60. The van der Waals surface area contributed by atoms with Crippen molar-refractivity contribution in [1.82, 2.24) is 0 Å². The predicted molar refractivity (Wildman–Crippen MR) is 98.6 cm³/mol. The molecule has 0 aromatic carbocycles. The Balaban J connectivity index is -0.000000916. The zero-order valence-corrected chi connectivity index (χ0v) is 14.8. The predicted octanol–water partition coefficient (Wildman–Crippen LogP) is 8.40. The minimum atomic E-state index is 0. The second kappa shape index (κ2) is 24.0. The highest BCUT2D eigenvalue weighted by Gasteiger charge is 2.06. The minimum Gasteiger partial charge on any atom is -0.0776 e. The Hall–Kier alpha value is 0. The topological polar surface area (TPSA) is 0 Å². The van der Waals surface area contributed by atoms with E-state index in [0.717, 1.165) is 5.92 Å². The SMILES string of the molecule is C.CC.CCCCCCCCC(CCC)CCCCC. The van der Waals surface area contributed by atoms with Crippen molar-refractivity contribution in [3.63, 3.8) is 0 Å². The summed E-state index contributed by atoms with van der Waals surface area (Å²) < 4.78 is 0. The summed E-state index contributed by atoms with van der Waals surface area (Å²) in [4.78, 5) is 0. The zero-order chi connectivity index (χ0) is 14.8. The summed E-state index contributed by atoms with van der Waals surface area (Å²) in [5.74, 6) is 1.04. The third kappa shape index (κ3) is 20.3. The van der Waals surface area contributed by atoms with Crippen LogP contribution in [0.5, 0.6) is 0 Å². The summed E-state index contributed by atoms with van der Waals surface area (Å²) in [5.41, 5.74) is 0. The van der Waals surface area contributed by atoms with Gasteiger partial charge in [-0.1, -0.05) is 126 Å². The molecule has 0 N–H and O–H groups in total. The van der Waals surface area contributed by atoms with Gasteiger partial charge in [-0.25, -0.2) is 0 Å². The van der Waals surface area contributed by atoms with Gasteiger partial charge in [0.2, 0.25) is 0 Å². The maximum Gasteiger partial charge on any atom is -0.0414 e. The van der Waals surface area contributed by atoms with Crippen LogP contribution in [-0.4, -0.2) is 0 Å². The molecule has 0 radical (unpaired) electrons. The van der Waals surface area contributed by atoms with Crippen LogP contribution < -0.4 is 0 Å². The van der Waals surface area contributed by atoms with E-state index in [-0.39, 0.29) is 7.43 Å². The van der Waals surface area contributed by atoms with Gasteiger partial charge >= 0.3 is 0 Å². The van der Waals surface area contributed by atoms with Gasteiger partial charge in [0, 0.05) is 0 Å². The fraction of sp³-hybridized carbons (Fsp3) is 1.00. The zero-order valence-electron chi connectivity index (χ0n) is 14.8. The van der Waals surface area contributed by atoms with Crippen molar-refractivity contribution in [1.29, 1.82) is 0 Å². The molecule has 0 heterocycles. The third-order valence-corrected chi connectivity index (χ3v) is 3.88. The first-order valence-electron chi connectivity index (χ1n) is 9.35. The third-order valence-electron chi connectivity index (χ3n) is 3.88. The first-order valence-corrected chi connectivity index (χ1v) is 9.35. The van der Waals surface area contributed by atoms with Gasteiger partial charge in [0.1, 0.15) is 0 Å². The molecule has 0 aliphatic rings. The van der Waals surface area contributed by atoms with Gasteiger partial charge in [0.25, 0.3) is 0 Å². The molecule has 0 saturated carbocycles. The van der Waals surface area contributed by atoms with E-state index in [4.69, 9.17) is 0 Å². The second-order valence-electron chi connectivity index (χ2n) is 5.71. The van der Waals surface area contributed by atoms with Gasteiger partial charge in [-0.05, 0) is 5.92 Å². The molecule has 20 heavy (non-hydrogen) atoms. The Bertz CT molecular complexity index is 128. The monoisotopic (exact) mass is 286 g/mol. The molecule has 0 spiro atoms. The Morgan fingerprint density at radius 3 is 1.40 bits per heavy atom. The van der Waals surface area contributed by atoms with Crippen LogP contribution in [-0.2, 0) is 0 Å². The van der Waals surface area contributed by atoms with Crippen molar-refractivity contribution in [3.05, 3.63) is 0 Å². The molecule has 0 rings (SSSR count). The van der Waals surface area contributed by atoms with E-state index in [1.807, 2.05) is 13.8 Å². The van der Waals surface area contributed by atoms with Gasteiger partial charge in [-0.3, -0.25) is 0 Å². The van der Waals surface area contributed by atoms with Crippen molar-refractivity contribution in [2.75, 3.05) is 0 Å². The summed E-state index contributed by atoms with van der Waals surface area (Å²) in [6, 6.07) is 0. The lowest BCUT2D eigenvalue weighted by Gasteiger charge is -2.15. The van der Waals surface area contributed by atoms with E-state index in [0.29, 0.717) is 0 Å². The van der Waals surface area contributed by atoms with E-state index in [9.17, 15) is 0 Å². The van der Waals surface area contributed by atoms with Crippen molar-refractivity contribution in [3.8, 4) is 0 Å². The van der Waals surface area contributed by atoms with Crippen molar-refractivity contribution < 1.29 is 0 Å². The summed E-state index contributed by atoms with van der Waals surface area (Å²) >= 11 is 0. The molecule has 0 saturated heterocycles. The maximum atomic E-state index is 2.34. The van der Waals surface area contributed by atoms with Crippen molar-refractivity contribution in [2.24, 2.45) is 5.92 Å². The molecule has 0 aliphatic carbocycles. The van der Waals surface area contributed by atoms with Gasteiger partial charge < -0.3 is 0 Å². The van der Waals surface area contributed by atoms with Crippen LogP contribution in [0, 0.1) is 5.92 Å². The molecular formula is C20H46. The highest BCUT2D eigenvalue weighted by Crippen LogP contribution is 2.22. The second-order valence-corrected chi connectivity index (χ2v) is 5.71. The van der Waals surface area contributed by atoms with E-state index >= 15 is 0 Å². The molecule has 126 valence electrons. The van der Waals surface area contributed by atoms with Gasteiger partial charge in [0.15, 0.2) is 0 Å². The van der Waals surface area contributed by atoms with E-state index in [2.05, 4.69) is 20.8 Å². The number of rotatable bonds is 13. The first-order chi connectivity index (χ1) is 9.35. The molecule has 0 aromatic rings. The molecule has 0 bridgehead atoms. The normalized spacial score (nSPS) is 11.2. The van der Waals surface area contributed by atoms with Crippen LogP contribution in [0.25, 0.3) is 0 Å². The number of hydrogen-bond acceptors (Lipinski definition) is 0. The van der Waals surface area contributed by atoms with E-state index in [1.165, 1.54) is 83.5 Å². The number of unbranched alkanes of at least 4 members (excludes halogenated alkanes) is 7. The lowest BCUT2D eigenvalue weighted by atomic mass is 9.91. The maximum absolute atomic E-state index is 2.34. The van der Waals surface area contributed by atoms with Gasteiger partial charge in [-0.2, -0.15) is 0 Å². The Labute approximate surface area is 132 Å². The smallest absolute Gasteiger partial charge is 0.0414 e. The standard InChI is InChI=1S/C17H36.C2H6.CH4/c1-4-7-9-10-11-13-16-17(14-6-3)15-12-8-5-2;1-2;/h17H,4-16H2,1-3H3;1-2H3;1H4. The van der Waals surface area contributed by atoms with E-state index in [1.54, 1.807) is 0 Å². The lowest BCUT2D eigenvalue weighted by Crippen LogP contribution is -2.00. The van der Waals surface area contributed by atoms with Crippen molar-refractivity contribution in [2.45, 2.75) is 126 Å². The first kappa shape index (κ1) is 25.0. The van der Waals surface area contributed by atoms with Crippen LogP contribution in [0.3, 0.4) is 0 Å². The molecule has 0 heteroatoms. The molecule has 0 nitrogen and oxygen atoms in total. The van der Waals surface area contributed by atoms with Gasteiger partial charge in [-0.15, -0.1) is 0 Å². The molecular weight excluding hydrogens is 240 g/mol.